The molecule has 0 saturated carbocycles. The Morgan fingerprint density at radius 1 is 1.10 bits per heavy atom. The summed E-state index contributed by atoms with van der Waals surface area (Å²) in [5.41, 5.74) is 1.51. The molecule has 162 valence electrons. The zero-order valence-electron chi connectivity index (χ0n) is 17.7. The van der Waals surface area contributed by atoms with Crippen LogP contribution in [0.3, 0.4) is 0 Å². The SMILES string of the molecule is Cc1cccc(Oc2ccc(S(=O)(=O)N3CCCCC3)cc2NCC(=O)N(C)C)c1. The summed E-state index contributed by atoms with van der Waals surface area (Å²) in [7, 11) is -0.249. The van der Waals surface area contributed by atoms with Crippen LogP contribution in [0.25, 0.3) is 0 Å². The summed E-state index contributed by atoms with van der Waals surface area (Å²) in [4.78, 5) is 13.7. The number of ether oxygens (including phenoxy) is 1. The molecule has 7 nitrogen and oxygen atoms in total. The standard InChI is InChI=1S/C22H29N3O4S/c1-17-8-7-9-18(14-17)29-21-11-10-19(15-20(21)23-16-22(26)24(2)3)30(27,28)25-12-5-4-6-13-25/h7-11,14-15,23H,4-6,12-13,16H2,1-3H3. The molecule has 0 radical (unpaired) electrons. The minimum atomic E-state index is -3.59. The molecular weight excluding hydrogens is 402 g/mol. The minimum absolute atomic E-state index is 0.0321. The van der Waals surface area contributed by atoms with E-state index in [-0.39, 0.29) is 17.3 Å². The van der Waals surface area contributed by atoms with Gasteiger partial charge in [-0.2, -0.15) is 4.31 Å². The van der Waals surface area contributed by atoms with Crippen LogP contribution in [0.1, 0.15) is 24.8 Å². The average molecular weight is 432 g/mol. The van der Waals surface area contributed by atoms with E-state index in [1.54, 1.807) is 32.3 Å². The topological polar surface area (TPSA) is 79.0 Å². The number of sulfonamides is 1. The highest BCUT2D eigenvalue weighted by Crippen LogP contribution is 2.33. The first-order valence-electron chi connectivity index (χ1n) is 10.1. The van der Waals surface area contributed by atoms with Crippen molar-refractivity contribution < 1.29 is 17.9 Å². The van der Waals surface area contributed by atoms with Crippen LogP contribution < -0.4 is 10.1 Å². The maximum absolute atomic E-state index is 13.1. The highest BCUT2D eigenvalue weighted by Gasteiger charge is 2.27. The van der Waals surface area contributed by atoms with Crippen molar-refractivity contribution in [3.63, 3.8) is 0 Å². The first kappa shape index (κ1) is 22.1. The number of amides is 1. The molecule has 2 aromatic rings. The first-order valence-corrected chi connectivity index (χ1v) is 11.5. The van der Waals surface area contributed by atoms with Crippen molar-refractivity contribution in [3.8, 4) is 11.5 Å². The van der Waals surface area contributed by atoms with Crippen molar-refractivity contribution in [1.82, 2.24) is 9.21 Å². The smallest absolute Gasteiger partial charge is 0.243 e. The van der Waals surface area contributed by atoms with Crippen molar-refractivity contribution in [2.75, 3.05) is 39.0 Å². The fourth-order valence-corrected chi connectivity index (χ4v) is 4.83. The normalized spacial score (nSPS) is 14.9. The number of likely N-dealkylation sites (N-methyl/N-ethyl adjacent to an activating group) is 1. The second kappa shape index (κ2) is 9.49. The number of benzene rings is 2. The molecule has 1 aliphatic rings. The van der Waals surface area contributed by atoms with Gasteiger partial charge in [0, 0.05) is 27.2 Å². The second-order valence-electron chi connectivity index (χ2n) is 7.68. The summed E-state index contributed by atoms with van der Waals surface area (Å²) in [6.45, 7) is 3.07. The Kier molecular flexibility index (Phi) is 6.99. The second-order valence-corrected chi connectivity index (χ2v) is 9.62. The largest absolute Gasteiger partial charge is 0.455 e. The Labute approximate surface area is 178 Å². The van der Waals surface area contributed by atoms with Crippen molar-refractivity contribution >= 4 is 21.6 Å². The van der Waals surface area contributed by atoms with Crippen molar-refractivity contribution in [3.05, 3.63) is 48.0 Å². The van der Waals surface area contributed by atoms with E-state index in [9.17, 15) is 13.2 Å². The maximum Gasteiger partial charge on any atom is 0.243 e. The first-order chi connectivity index (χ1) is 14.3. The predicted molar refractivity (Wildman–Crippen MR) is 117 cm³/mol. The van der Waals surface area contributed by atoms with E-state index in [1.807, 2.05) is 31.2 Å². The van der Waals surface area contributed by atoms with Crippen LogP contribution in [-0.2, 0) is 14.8 Å². The molecule has 1 aliphatic heterocycles. The number of piperidine rings is 1. The molecule has 0 aliphatic carbocycles. The average Bonchev–Trinajstić information content (AvgIpc) is 2.73. The van der Waals surface area contributed by atoms with Crippen LogP contribution in [0, 0.1) is 6.92 Å². The van der Waals surface area contributed by atoms with Crippen LogP contribution in [0.15, 0.2) is 47.4 Å². The van der Waals surface area contributed by atoms with Gasteiger partial charge in [-0.25, -0.2) is 8.42 Å². The summed E-state index contributed by atoms with van der Waals surface area (Å²) in [5, 5.41) is 3.05. The van der Waals surface area contributed by atoms with E-state index in [2.05, 4.69) is 5.32 Å². The lowest BCUT2D eigenvalue weighted by Gasteiger charge is -2.26. The van der Waals surface area contributed by atoms with E-state index in [0.29, 0.717) is 30.3 Å². The lowest BCUT2D eigenvalue weighted by atomic mass is 10.2. The highest BCUT2D eigenvalue weighted by atomic mass is 32.2. The van der Waals surface area contributed by atoms with E-state index in [0.717, 1.165) is 24.8 Å². The van der Waals surface area contributed by atoms with Gasteiger partial charge in [-0.3, -0.25) is 4.79 Å². The number of carbonyl (C=O) groups excluding carboxylic acids is 1. The molecule has 2 aromatic carbocycles. The third kappa shape index (κ3) is 5.31. The Morgan fingerprint density at radius 2 is 1.83 bits per heavy atom. The van der Waals surface area contributed by atoms with E-state index in [1.165, 1.54) is 9.21 Å². The van der Waals surface area contributed by atoms with E-state index < -0.39 is 10.0 Å². The van der Waals surface area contributed by atoms with Gasteiger partial charge in [0.1, 0.15) is 5.75 Å². The quantitative estimate of drug-likeness (QED) is 0.726. The molecule has 3 rings (SSSR count). The van der Waals surface area contributed by atoms with Crippen LogP contribution >= 0.6 is 0 Å². The van der Waals surface area contributed by atoms with Gasteiger partial charge in [0.15, 0.2) is 5.75 Å². The summed E-state index contributed by atoms with van der Waals surface area (Å²) in [5.74, 6) is 0.981. The van der Waals surface area contributed by atoms with Gasteiger partial charge in [-0.15, -0.1) is 0 Å². The fraction of sp³-hybridized carbons (Fsp3) is 0.409. The predicted octanol–water partition coefficient (Wildman–Crippen LogP) is 3.46. The molecule has 1 N–H and O–H groups in total. The molecule has 1 heterocycles. The van der Waals surface area contributed by atoms with Crippen LogP contribution in [0.4, 0.5) is 5.69 Å². The molecule has 0 aromatic heterocycles. The lowest BCUT2D eigenvalue weighted by molar-refractivity contribution is -0.126. The minimum Gasteiger partial charge on any atom is -0.455 e. The van der Waals surface area contributed by atoms with Gasteiger partial charge in [-0.05, 0) is 55.7 Å². The number of hydrogen-bond acceptors (Lipinski definition) is 5. The maximum atomic E-state index is 13.1. The number of nitrogens with zero attached hydrogens (tertiary/aromatic N) is 2. The van der Waals surface area contributed by atoms with Crippen LogP contribution in [0.2, 0.25) is 0 Å². The summed E-state index contributed by atoms with van der Waals surface area (Å²) in [6, 6.07) is 12.3. The van der Waals surface area contributed by atoms with Gasteiger partial charge >= 0.3 is 0 Å². The van der Waals surface area contributed by atoms with Gasteiger partial charge < -0.3 is 15.0 Å². The van der Waals surface area contributed by atoms with E-state index in [4.69, 9.17) is 4.74 Å². The molecule has 1 saturated heterocycles. The van der Waals surface area contributed by atoms with Crippen molar-refractivity contribution in [2.24, 2.45) is 0 Å². The molecule has 1 fully saturated rings. The number of hydrogen-bond donors (Lipinski definition) is 1. The zero-order valence-corrected chi connectivity index (χ0v) is 18.5. The van der Waals surface area contributed by atoms with Gasteiger partial charge in [0.25, 0.3) is 0 Å². The number of aryl methyl sites for hydroxylation is 1. The monoisotopic (exact) mass is 431 g/mol. The van der Waals surface area contributed by atoms with Crippen molar-refractivity contribution in [1.29, 1.82) is 0 Å². The van der Waals surface area contributed by atoms with Crippen molar-refractivity contribution in [2.45, 2.75) is 31.1 Å². The lowest BCUT2D eigenvalue weighted by Crippen LogP contribution is -2.35. The molecular formula is C22H29N3O4S. The van der Waals surface area contributed by atoms with Crippen LogP contribution in [0.5, 0.6) is 11.5 Å². The summed E-state index contributed by atoms with van der Waals surface area (Å²) < 4.78 is 33.7. The molecule has 0 spiro atoms. The molecule has 0 atom stereocenters. The number of rotatable bonds is 7. The summed E-state index contributed by atoms with van der Waals surface area (Å²) in [6.07, 6.45) is 2.79. The van der Waals surface area contributed by atoms with Gasteiger partial charge in [0.05, 0.1) is 17.1 Å². The van der Waals surface area contributed by atoms with Crippen LogP contribution in [-0.4, -0.2) is 57.3 Å². The molecule has 8 heteroatoms. The number of carbonyl (C=O) groups is 1. The van der Waals surface area contributed by atoms with E-state index >= 15 is 0 Å². The van der Waals surface area contributed by atoms with Gasteiger partial charge in [-0.1, -0.05) is 18.6 Å². The third-order valence-electron chi connectivity index (χ3n) is 5.05. The van der Waals surface area contributed by atoms with Gasteiger partial charge in [0.2, 0.25) is 15.9 Å². The molecule has 30 heavy (non-hydrogen) atoms. The third-order valence-corrected chi connectivity index (χ3v) is 6.94. The number of nitrogens with one attached hydrogen (secondary N) is 1. The Morgan fingerprint density at radius 3 is 2.50 bits per heavy atom. The Balaban J connectivity index is 1.92. The zero-order chi connectivity index (χ0) is 21.7. The summed E-state index contributed by atoms with van der Waals surface area (Å²) >= 11 is 0. The Bertz CT molecular complexity index is 999. The molecule has 1 amide bonds. The Hall–Kier alpha value is -2.58. The molecule has 0 unspecified atom stereocenters. The molecule has 0 bridgehead atoms. The highest BCUT2D eigenvalue weighted by molar-refractivity contribution is 7.89. The number of anilines is 1. The fourth-order valence-electron chi connectivity index (χ4n) is 3.29.